The van der Waals surface area contributed by atoms with Crippen molar-refractivity contribution in [3.63, 3.8) is 0 Å². The van der Waals surface area contributed by atoms with Crippen LogP contribution in [0.1, 0.15) is 32.8 Å². The van der Waals surface area contributed by atoms with Crippen molar-refractivity contribution >= 4 is 22.9 Å². The topological polar surface area (TPSA) is 77.1 Å². The summed E-state index contributed by atoms with van der Waals surface area (Å²) in [6.45, 7) is 6.45. The first-order valence-electron chi connectivity index (χ1n) is 8.36. The van der Waals surface area contributed by atoms with Crippen molar-refractivity contribution in [3.05, 3.63) is 57.9 Å². The minimum atomic E-state index is -0.559. The molecule has 0 fully saturated rings. The molecule has 3 aromatic rings. The van der Waals surface area contributed by atoms with Crippen LogP contribution in [0.5, 0.6) is 0 Å². The van der Waals surface area contributed by atoms with E-state index in [0.717, 1.165) is 16.1 Å². The SMILES string of the molecule is CC(C)(C)c1ccccc1NC(=O)CCn1nc(-c2cccs2)oc1=O. The van der Waals surface area contributed by atoms with Crippen LogP contribution in [0, 0.1) is 0 Å². The molecule has 0 unspecified atom stereocenters. The molecule has 0 saturated heterocycles. The number of rotatable bonds is 5. The first kappa shape index (κ1) is 18.1. The van der Waals surface area contributed by atoms with Gasteiger partial charge in [-0.15, -0.1) is 16.4 Å². The first-order chi connectivity index (χ1) is 12.3. The average Bonchev–Trinajstić information content (AvgIpc) is 3.22. The molecular formula is C19H21N3O3S. The van der Waals surface area contributed by atoms with E-state index in [1.165, 1.54) is 16.0 Å². The van der Waals surface area contributed by atoms with E-state index in [1.54, 1.807) is 0 Å². The fourth-order valence-electron chi connectivity index (χ4n) is 2.61. The third kappa shape index (κ3) is 4.11. The molecule has 0 spiro atoms. The van der Waals surface area contributed by atoms with E-state index >= 15 is 0 Å². The first-order valence-corrected chi connectivity index (χ1v) is 9.24. The fraction of sp³-hybridized carbons (Fsp3) is 0.316. The van der Waals surface area contributed by atoms with E-state index in [4.69, 9.17) is 4.42 Å². The van der Waals surface area contributed by atoms with Crippen LogP contribution < -0.4 is 11.1 Å². The van der Waals surface area contributed by atoms with Gasteiger partial charge in [0.2, 0.25) is 5.91 Å². The lowest BCUT2D eigenvalue weighted by atomic mass is 9.86. The number of nitrogens with zero attached hydrogens (tertiary/aromatic N) is 2. The molecule has 26 heavy (non-hydrogen) atoms. The van der Waals surface area contributed by atoms with E-state index in [2.05, 4.69) is 31.2 Å². The zero-order valence-electron chi connectivity index (χ0n) is 15.0. The quantitative estimate of drug-likeness (QED) is 0.738. The average molecular weight is 371 g/mol. The lowest BCUT2D eigenvalue weighted by Gasteiger charge is -2.23. The molecule has 0 bridgehead atoms. The number of benzene rings is 1. The van der Waals surface area contributed by atoms with Crippen molar-refractivity contribution in [2.75, 3.05) is 5.32 Å². The number of hydrogen-bond donors (Lipinski definition) is 1. The van der Waals surface area contributed by atoms with Crippen LogP contribution in [0.15, 0.2) is 51.0 Å². The van der Waals surface area contributed by atoms with Crippen LogP contribution in [0.25, 0.3) is 10.8 Å². The number of hydrogen-bond acceptors (Lipinski definition) is 5. The van der Waals surface area contributed by atoms with Gasteiger partial charge in [-0.1, -0.05) is 45.0 Å². The van der Waals surface area contributed by atoms with E-state index in [1.807, 2.05) is 41.8 Å². The lowest BCUT2D eigenvalue weighted by Crippen LogP contribution is -2.22. The summed E-state index contributed by atoms with van der Waals surface area (Å²) < 4.78 is 6.33. The van der Waals surface area contributed by atoms with Crippen molar-refractivity contribution in [2.45, 2.75) is 39.2 Å². The van der Waals surface area contributed by atoms with E-state index in [-0.39, 0.29) is 30.2 Å². The van der Waals surface area contributed by atoms with Gasteiger partial charge in [-0.05, 0) is 28.5 Å². The molecule has 1 N–H and O–H groups in total. The van der Waals surface area contributed by atoms with Crippen LogP contribution in [0.4, 0.5) is 5.69 Å². The van der Waals surface area contributed by atoms with Crippen LogP contribution in [0.2, 0.25) is 0 Å². The number of thiophene rings is 1. The van der Waals surface area contributed by atoms with Gasteiger partial charge >= 0.3 is 5.76 Å². The highest BCUT2D eigenvalue weighted by Gasteiger charge is 2.19. The van der Waals surface area contributed by atoms with Crippen molar-refractivity contribution < 1.29 is 9.21 Å². The molecule has 0 radical (unpaired) electrons. The minimum absolute atomic E-state index is 0.0808. The Morgan fingerprint density at radius 3 is 2.69 bits per heavy atom. The molecule has 7 heteroatoms. The Morgan fingerprint density at radius 2 is 2.00 bits per heavy atom. The largest absolute Gasteiger partial charge is 0.437 e. The second-order valence-corrected chi connectivity index (χ2v) is 7.92. The van der Waals surface area contributed by atoms with Crippen molar-refractivity contribution in [1.82, 2.24) is 9.78 Å². The normalized spacial score (nSPS) is 11.5. The standard InChI is InChI=1S/C19H21N3O3S/c1-19(2,3)13-7-4-5-8-14(13)20-16(23)10-11-22-18(24)25-17(21-22)15-9-6-12-26-15/h4-9,12H,10-11H2,1-3H3,(H,20,23). The third-order valence-electron chi connectivity index (χ3n) is 3.90. The Kier molecular flexibility index (Phi) is 5.08. The Hall–Kier alpha value is -2.67. The third-order valence-corrected chi connectivity index (χ3v) is 4.76. The Bertz CT molecular complexity index is 949. The van der Waals surface area contributed by atoms with Gasteiger partial charge in [0.25, 0.3) is 5.89 Å². The Labute approximate surface area is 155 Å². The number of carbonyl (C=O) groups is 1. The summed E-state index contributed by atoms with van der Waals surface area (Å²) in [7, 11) is 0. The number of para-hydroxylation sites is 1. The summed E-state index contributed by atoms with van der Waals surface area (Å²) >= 11 is 1.44. The predicted molar refractivity (Wildman–Crippen MR) is 102 cm³/mol. The number of carbonyl (C=O) groups excluding carboxylic acids is 1. The summed E-state index contributed by atoms with van der Waals surface area (Å²) in [5, 5.41) is 8.97. The van der Waals surface area contributed by atoms with Crippen LogP contribution in [-0.2, 0) is 16.8 Å². The zero-order valence-corrected chi connectivity index (χ0v) is 15.8. The van der Waals surface area contributed by atoms with E-state index in [9.17, 15) is 9.59 Å². The molecule has 3 rings (SSSR count). The summed E-state index contributed by atoms with van der Waals surface area (Å²) in [4.78, 5) is 25.0. The van der Waals surface area contributed by atoms with Crippen LogP contribution in [0.3, 0.4) is 0 Å². The molecule has 2 aromatic heterocycles. The maximum absolute atomic E-state index is 12.3. The predicted octanol–water partition coefficient (Wildman–Crippen LogP) is 3.89. The van der Waals surface area contributed by atoms with Crippen LogP contribution in [-0.4, -0.2) is 15.7 Å². The molecule has 0 saturated carbocycles. The summed E-state index contributed by atoms with van der Waals surface area (Å²) in [6.07, 6.45) is 0.134. The summed E-state index contributed by atoms with van der Waals surface area (Å²) in [5.41, 5.74) is 1.77. The number of aromatic nitrogens is 2. The highest BCUT2D eigenvalue weighted by molar-refractivity contribution is 7.13. The molecule has 1 amide bonds. The Morgan fingerprint density at radius 1 is 1.23 bits per heavy atom. The second-order valence-electron chi connectivity index (χ2n) is 6.97. The van der Waals surface area contributed by atoms with Crippen molar-refractivity contribution in [1.29, 1.82) is 0 Å². The molecule has 1 aromatic carbocycles. The van der Waals surface area contributed by atoms with Gasteiger partial charge in [-0.25, -0.2) is 4.79 Å². The molecule has 0 aliphatic carbocycles. The van der Waals surface area contributed by atoms with E-state index in [0.29, 0.717) is 0 Å². The molecule has 2 heterocycles. The maximum Gasteiger partial charge on any atom is 0.437 e. The molecule has 136 valence electrons. The smallest absolute Gasteiger partial charge is 0.387 e. The molecule has 0 aliphatic heterocycles. The van der Waals surface area contributed by atoms with E-state index < -0.39 is 5.76 Å². The lowest BCUT2D eigenvalue weighted by molar-refractivity contribution is -0.116. The minimum Gasteiger partial charge on any atom is -0.387 e. The van der Waals surface area contributed by atoms with Gasteiger partial charge in [-0.2, -0.15) is 4.68 Å². The van der Waals surface area contributed by atoms with Gasteiger partial charge in [0, 0.05) is 12.1 Å². The van der Waals surface area contributed by atoms with Crippen LogP contribution >= 0.6 is 11.3 Å². The molecule has 0 atom stereocenters. The monoisotopic (exact) mass is 371 g/mol. The number of aryl methyl sites for hydroxylation is 1. The molecule has 0 aliphatic rings. The summed E-state index contributed by atoms with van der Waals surface area (Å²) in [6, 6.07) is 11.4. The van der Waals surface area contributed by atoms with Gasteiger partial charge in [0.05, 0.1) is 11.4 Å². The van der Waals surface area contributed by atoms with Gasteiger partial charge in [-0.3, -0.25) is 4.79 Å². The fourth-order valence-corrected chi connectivity index (χ4v) is 3.26. The number of anilines is 1. The van der Waals surface area contributed by atoms with Gasteiger partial charge < -0.3 is 9.73 Å². The molecular weight excluding hydrogens is 350 g/mol. The maximum atomic E-state index is 12.3. The highest BCUT2D eigenvalue weighted by atomic mass is 32.1. The van der Waals surface area contributed by atoms with Crippen molar-refractivity contribution in [2.24, 2.45) is 0 Å². The highest BCUT2D eigenvalue weighted by Crippen LogP contribution is 2.29. The summed E-state index contributed by atoms with van der Waals surface area (Å²) in [5.74, 6) is -0.450. The van der Waals surface area contributed by atoms with Crippen molar-refractivity contribution in [3.8, 4) is 10.8 Å². The zero-order chi connectivity index (χ0) is 18.7. The van der Waals surface area contributed by atoms with Gasteiger partial charge in [0.15, 0.2) is 0 Å². The second kappa shape index (κ2) is 7.29. The molecule has 6 nitrogen and oxygen atoms in total. The number of nitrogens with one attached hydrogen (secondary N) is 1. The van der Waals surface area contributed by atoms with Gasteiger partial charge in [0.1, 0.15) is 0 Å². The number of amides is 1. The Balaban J connectivity index is 1.67.